The molecule has 0 saturated heterocycles. The monoisotopic (exact) mass is 462 g/mol. The maximum Gasteiger partial charge on any atom is 0.339 e. The molecule has 0 amide bonds. The molecule has 0 spiro atoms. The minimum absolute atomic E-state index is 0.255. The Hall–Kier alpha value is -2.17. The third kappa shape index (κ3) is 17.0. The number of carbonyl (C=O) groups is 3. The van der Waals surface area contributed by atoms with Crippen molar-refractivity contribution in [1.29, 1.82) is 0 Å². The van der Waals surface area contributed by atoms with Gasteiger partial charge < -0.3 is 14.3 Å². The average molecular weight is 463 g/mol. The molecule has 0 bridgehead atoms. The molecule has 0 aliphatic carbocycles. The van der Waals surface area contributed by atoms with Crippen LogP contribution in [-0.4, -0.2) is 30.9 Å². The predicted molar refractivity (Wildman–Crippen MR) is 135 cm³/mol. The number of ketones is 1. The van der Waals surface area contributed by atoms with E-state index in [1.807, 2.05) is 6.92 Å². The first-order valence-electron chi connectivity index (χ1n) is 12.9. The molecule has 0 aromatic heterocycles. The SMILES string of the molecule is CCC(C)=O.CCCCCCCCOC(=O)c1ccccc1C(=O)OCCCCCCCC. The topological polar surface area (TPSA) is 69.7 Å². The molecule has 1 aromatic carbocycles. The number of benzene rings is 1. The standard InChI is InChI=1S/C24H38O4.C4H8O/c1-3-5-7-9-11-15-19-27-23(25)21-17-13-14-18-22(21)24(26)28-20-16-12-10-8-6-4-2;1-3-4(2)5/h13-14,17-18H,3-12,15-16,19-20H2,1-2H3;3H2,1-2H3. The lowest BCUT2D eigenvalue weighted by Gasteiger charge is -2.10. The highest BCUT2D eigenvalue weighted by molar-refractivity contribution is 6.03. The second-order valence-corrected chi connectivity index (χ2v) is 8.41. The molecule has 33 heavy (non-hydrogen) atoms. The van der Waals surface area contributed by atoms with Crippen LogP contribution in [0.3, 0.4) is 0 Å². The van der Waals surface area contributed by atoms with E-state index >= 15 is 0 Å². The molecule has 0 unspecified atom stereocenters. The molecule has 5 heteroatoms. The summed E-state index contributed by atoms with van der Waals surface area (Å²) in [5.41, 5.74) is 0.586. The maximum absolute atomic E-state index is 12.4. The third-order valence-electron chi connectivity index (χ3n) is 5.33. The number of carbonyl (C=O) groups excluding carboxylic acids is 3. The van der Waals surface area contributed by atoms with Crippen molar-refractivity contribution in [3.63, 3.8) is 0 Å². The Balaban J connectivity index is 0.00000184. The van der Waals surface area contributed by atoms with Gasteiger partial charge in [0.25, 0.3) is 0 Å². The molecule has 0 aliphatic heterocycles. The second-order valence-electron chi connectivity index (χ2n) is 8.41. The summed E-state index contributed by atoms with van der Waals surface area (Å²) in [7, 11) is 0. The third-order valence-corrected chi connectivity index (χ3v) is 5.33. The Morgan fingerprint density at radius 1 is 0.606 bits per heavy atom. The van der Waals surface area contributed by atoms with Gasteiger partial charge in [0, 0.05) is 6.42 Å². The molecule has 1 rings (SSSR count). The number of hydrogen-bond acceptors (Lipinski definition) is 5. The summed E-state index contributed by atoms with van der Waals surface area (Å²) in [4.78, 5) is 34.5. The van der Waals surface area contributed by atoms with Crippen LogP contribution in [0.4, 0.5) is 0 Å². The summed E-state index contributed by atoms with van der Waals surface area (Å²) in [6.45, 7) is 8.61. The van der Waals surface area contributed by atoms with Gasteiger partial charge in [-0.1, -0.05) is 97.1 Å². The van der Waals surface area contributed by atoms with Crippen molar-refractivity contribution < 1.29 is 23.9 Å². The molecule has 188 valence electrons. The first-order valence-corrected chi connectivity index (χ1v) is 12.9. The number of Topliss-reactive ketones (excluding diaryl/α,β-unsaturated/α-hetero) is 1. The van der Waals surface area contributed by atoms with E-state index < -0.39 is 11.9 Å². The predicted octanol–water partition coefficient (Wildman–Crippen LogP) is 7.71. The Labute approximate surface area is 201 Å². The summed E-state index contributed by atoms with van der Waals surface area (Å²) in [5, 5.41) is 0. The van der Waals surface area contributed by atoms with E-state index in [2.05, 4.69) is 13.8 Å². The molecule has 0 radical (unpaired) electrons. The van der Waals surface area contributed by atoms with Crippen LogP contribution in [-0.2, 0) is 14.3 Å². The fraction of sp³-hybridized carbons (Fsp3) is 0.679. The molecule has 1 aromatic rings. The van der Waals surface area contributed by atoms with Gasteiger partial charge >= 0.3 is 11.9 Å². The van der Waals surface area contributed by atoms with E-state index in [1.165, 1.54) is 51.4 Å². The van der Waals surface area contributed by atoms with Gasteiger partial charge in [-0.15, -0.1) is 0 Å². The molecule has 0 N–H and O–H groups in total. The average Bonchev–Trinajstić information content (AvgIpc) is 2.83. The summed E-state index contributed by atoms with van der Waals surface area (Å²) >= 11 is 0. The zero-order valence-corrected chi connectivity index (χ0v) is 21.5. The molecular weight excluding hydrogens is 416 g/mol. The molecule has 0 fully saturated rings. The lowest BCUT2D eigenvalue weighted by Crippen LogP contribution is -2.15. The lowest BCUT2D eigenvalue weighted by atomic mass is 10.1. The molecular formula is C28H46O5. The van der Waals surface area contributed by atoms with Crippen molar-refractivity contribution in [2.45, 2.75) is 111 Å². The summed E-state index contributed by atoms with van der Waals surface area (Å²) in [6, 6.07) is 6.74. The molecule has 0 atom stereocenters. The first-order chi connectivity index (χ1) is 16.0. The highest BCUT2D eigenvalue weighted by Crippen LogP contribution is 2.14. The molecule has 0 aliphatic rings. The quantitative estimate of drug-likeness (QED) is 0.175. The zero-order valence-electron chi connectivity index (χ0n) is 21.5. The van der Waals surface area contributed by atoms with Crippen LogP contribution in [0.2, 0.25) is 0 Å². The maximum atomic E-state index is 12.4. The number of hydrogen-bond donors (Lipinski definition) is 0. The Kier molecular flexibility index (Phi) is 20.2. The van der Waals surface area contributed by atoms with Gasteiger partial charge in [0.1, 0.15) is 5.78 Å². The van der Waals surface area contributed by atoms with Gasteiger partial charge in [0.05, 0.1) is 24.3 Å². The highest BCUT2D eigenvalue weighted by atomic mass is 16.5. The second kappa shape index (κ2) is 21.7. The van der Waals surface area contributed by atoms with Gasteiger partial charge in [0.15, 0.2) is 0 Å². The van der Waals surface area contributed by atoms with Crippen molar-refractivity contribution in [1.82, 2.24) is 0 Å². The van der Waals surface area contributed by atoms with Crippen LogP contribution in [0.25, 0.3) is 0 Å². The van der Waals surface area contributed by atoms with Crippen LogP contribution in [0.5, 0.6) is 0 Å². The van der Waals surface area contributed by atoms with Crippen LogP contribution in [0.1, 0.15) is 132 Å². The largest absolute Gasteiger partial charge is 0.462 e. The van der Waals surface area contributed by atoms with Gasteiger partial charge in [-0.25, -0.2) is 9.59 Å². The zero-order chi connectivity index (χ0) is 24.7. The van der Waals surface area contributed by atoms with Crippen molar-refractivity contribution in [3.05, 3.63) is 35.4 Å². The molecule has 0 saturated carbocycles. The summed E-state index contributed by atoms with van der Waals surface area (Å²) < 4.78 is 10.7. The van der Waals surface area contributed by atoms with Gasteiger partial charge in [-0.2, -0.15) is 0 Å². The Bertz CT molecular complexity index is 604. The van der Waals surface area contributed by atoms with E-state index in [0.717, 1.165) is 25.7 Å². The fourth-order valence-corrected chi connectivity index (χ4v) is 3.09. The van der Waals surface area contributed by atoms with Crippen LogP contribution in [0.15, 0.2) is 24.3 Å². The number of unbranched alkanes of at least 4 members (excludes halogenated alkanes) is 10. The summed E-state index contributed by atoms with van der Waals surface area (Å²) in [6.07, 6.45) is 14.3. The number of rotatable bonds is 17. The van der Waals surface area contributed by atoms with Crippen LogP contribution in [0, 0.1) is 0 Å². The van der Waals surface area contributed by atoms with E-state index in [-0.39, 0.29) is 5.78 Å². The fourth-order valence-electron chi connectivity index (χ4n) is 3.09. The van der Waals surface area contributed by atoms with E-state index in [0.29, 0.717) is 30.8 Å². The van der Waals surface area contributed by atoms with E-state index in [9.17, 15) is 14.4 Å². The number of ether oxygens (including phenoxy) is 2. The van der Waals surface area contributed by atoms with Gasteiger partial charge in [-0.3, -0.25) is 0 Å². The van der Waals surface area contributed by atoms with Crippen molar-refractivity contribution >= 4 is 17.7 Å². The molecule has 0 heterocycles. The Morgan fingerprint density at radius 2 is 0.939 bits per heavy atom. The van der Waals surface area contributed by atoms with Crippen molar-refractivity contribution in [2.24, 2.45) is 0 Å². The van der Waals surface area contributed by atoms with Gasteiger partial charge in [-0.05, 0) is 31.9 Å². The number of esters is 2. The van der Waals surface area contributed by atoms with Crippen molar-refractivity contribution in [3.8, 4) is 0 Å². The van der Waals surface area contributed by atoms with E-state index in [4.69, 9.17) is 9.47 Å². The highest BCUT2D eigenvalue weighted by Gasteiger charge is 2.18. The molecule has 5 nitrogen and oxygen atoms in total. The normalized spacial score (nSPS) is 10.2. The van der Waals surface area contributed by atoms with Gasteiger partial charge in [0.2, 0.25) is 0 Å². The summed E-state index contributed by atoms with van der Waals surface area (Å²) in [5.74, 6) is -0.633. The first kappa shape index (κ1) is 30.8. The smallest absolute Gasteiger partial charge is 0.339 e. The minimum atomic E-state index is -0.444. The lowest BCUT2D eigenvalue weighted by molar-refractivity contribution is -0.116. The van der Waals surface area contributed by atoms with Crippen LogP contribution >= 0.6 is 0 Å². The van der Waals surface area contributed by atoms with Crippen LogP contribution < -0.4 is 0 Å². The van der Waals surface area contributed by atoms with E-state index in [1.54, 1.807) is 31.2 Å². The van der Waals surface area contributed by atoms with Crippen molar-refractivity contribution in [2.75, 3.05) is 13.2 Å². The minimum Gasteiger partial charge on any atom is -0.462 e. The Morgan fingerprint density at radius 3 is 1.27 bits per heavy atom.